The third-order valence-electron chi connectivity index (χ3n) is 5.73. The van der Waals surface area contributed by atoms with Crippen molar-refractivity contribution in [2.75, 3.05) is 32.2 Å². The lowest BCUT2D eigenvalue weighted by Gasteiger charge is -2.26. The van der Waals surface area contributed by atoms with E-state index >= 15 is 0 Å². The molecule has 0 spiro atoms. The molecule has 0 aliphatic carbocycles. The number of hydrogen-bond donors (Lipinski definition) is 1. The minimum absolute atomic E-state index is 0.116. The molecule has 1 amide bonds. The summed E-state index contributed by atoms with van der Waals surface area (Å²) in [4.78, 5) is 13.2. The van der Waals surface area contributed by atoms with Crippen LogP contribution in [0.3, 0.4) is 0 Å². The first-order valence-corrected chi connectivity index (χ1v) is 12.8. The van der Waals surface area contributed by atoms with Gasteiger partial charge in [0.1, 0.15) is 6.54 Å². The van der Waals surface area contributed by atoms with Crippen LogP contribution in [0.2, 0.25) is 0 Å². The molecule has 0 atom stereocenters. The number of sulfonamides is 1. The number of rotatable bonds is 10. The maximum Gasteiger partial charge on any atom is 0.264 e. The monoisotopic (exact) mass is 512 g/mol. The van der Waals surface area contributed by atoms with Gasteiger partial charge in [0, 0.05) is 6.54 Å². The van der Waals surface area contributed by atoms with E-state index in [0.717, 1.165) is 21.0 Å². The van der Waals surface area contributed by atoms with Crippen LogP contribution in [-0.4, -0.2) is 42.2 Å². The number of aryl methyl sites for hydroxylation is 3. The quantitative estimate of drug-likeness (QED) is 0.439. The molecule has 0 heterocycles. The van der Waals surface area contributed by atoms with E-state index < -0.39 is 15.9 Å². The molecule has 192 valence electrons. The fourth-order valence-electron chi connectivity index (χ4n) is 3.85. The van der Waals surface area contributed by atoms with E-state index in [9.17, 15) is 13.2 Å². The Balaban J connectivity index is 1.89. The Morgan fingerprint density at radius 2 is 1.42 bits per heavy atom. The number of methoxy groups -OCH3 is 3. The Morgan fingerprint density at radius 3 is 1.94 bits per heavy atom. The van der Waals surface area contributed by atoms with Crippen LogP contribution >= 0.6 is 0 Å². The molecule has 3 rings (SSSR count). The standard InChI is InChI=1S/C27H32N2O6S/c1-18-7-10-22(11-8-18)36(31,32)29(23-12-9-19(2)13-20(23)3)17-26(30)28-16-21-14-24(33-4)27(35-6)25(15-21)34-5/h7-15H,16-17H2,1-6H3,(H,28,30). The van der Waals surface area contributed by atoms with Crippen molar-refractivity contribution in [1.82, 2.24) is 5.32 Å². The largest absolute Gasteiger partial charge is 0.493 e. The highest BCUT2D eigenvalue weighted by molar-refractivity contribution is 7.92. The van der Waals surface area contributed by atoms with Crippen LogP contribution < -0.4 is 23.8 Å². The molecule has 0 fully saturated rings. The molecule has 0 aliphatic rings. The maximum absolute atomic E-state index is 13.6. The van der Waals surface area contributed by atoms with Gasteiger partial charge in [0.05, 0.1) is 31.9 Å². The molecule has 3 aromatic rings. The molecule has 0 saturated heterocycles. The van der Waals surface area contributed by atoms with Crippen LogP contribution in [0.15, 0.2) is 59.5 Å². The molecule has 36 heavy (non-hydrogen) atoms. The third-order valence-corrected chi connectivity index (χ3v) is 7.51. The van der Waals surface area contributed by atoms with Crippen LogP contribution in [0.4, 0.5) is 5.69 Å². The number of carbonyl (C=O) groups is 1. The van der Waals surface area contributed by atoms with Gasteiger partial charge in [0.25, 0.3) is 10.0 Å². The highest BCUT2D eigenvalue weighted by Gasteiger charge is 2.28. The Hall–Kier alpha value is -3.72. The lowest BCUT2D eigenvalue weighted by atomic mass is 10.1. The number of amides is 1. The lowest BCUT2D eigenvalue weighted by molar-refractivity contribution is -0.119. The fraction of sp³-hybridized carbons (Fsp3) is 0.296. The fourth-order valence-corrected chi connectivity index (χ4v) is 5.33. The van der Waals surface area contributed by atoms with Gasteiger partial charge in [-0.05, 0) is 62.2 Å². The van der Waals surface area contributed by atoms with Crippen molar-refractivity contribution in [1.29, 1.82) is 0 Å². The van der Waals surface area contributed by atoms with Gasteiger partial charge < -0.3 is 19.5 Å². The third kappa shape index (κ3) is 5.91. The second-order valence-electron chi connectivity index (χ2n) is 8.42. The second kappa shape index (κ2) is 11.3. The van der Waals surface area contributed by atoms with Gasteiger partial charge in [-0.3, -0.25) is 9.10 Å². The Morgan fingerprint density at radius 1 is 0.833 bits per heavy atom. The van der Waals surface area contributed by atoms with Gasteiger partial charge in [0.15, 0.2) is 11.5 Å². The summed E-state index contributed by atoms with van der Waals surface area (Å²) in [7, 11) is 0.536. The minimum atomic E-state index is -4.00. The number of ether oxygens (including phenoxy) is 3. The second-order valence-corrected chi connectivity index (χ2v) is 10.3. The number of benzene rings is 3. The summed E-state index contributed by atoms with van der Waals surface area (Å²) in [6.07, 6.45) is 0. The van der Waals surface area contributed by atoms with Crippen molar-refractivity contribution in [3.63, 3.8) is 0 Å². The molecule has 0 aromatic heterocycles. The van der Waals surface area contributed by atoms with Crippen LogP contribution in [0.25, 0.3) is 0 Å². The predicted octanol–water partition coefficient (Wildman–Crippen LogP) is 4.15. The molecule has 9 heteroatoms. The number of anilines is 1. The van der Waals surface area contributed by atoms with Gasteiger partial charge in [-0.2, -0.15) is 0 Å². The highest BCUT2D eigenvalue weighted by Crippen LogP contribution is 2.38. The highest BCUT2D eigenvalue weighted by atomic mass is 32.2. The van der Waals surface area contributed by atoms with Crippen molar-refractivity contribution in [2.24, 2.45) is 0 Å². The van der Waals surface area contributed by atoms with Crippen molar-refractivity contribution in [2.45, 2.75) is 32.2 Å². The van der Waals surface area contributed by atoms with Gasteiger partial charge in [-0.1, -0.05) is 35.4 Å². The predicted molar refractivity (Wildman–Crippen MR) is 140 cm³/mol. The topological polar surface area (TPSA) is 94.2 Å². The number of carbonyl (C=O) groups excluding carboxylic acids is 1. The van der Waals surface area contributed by atoms with E-state index in [1.54, 1.807) is 42.5 Å². The first-order chi connectivity index (χ1) is 17.1. The smallest absolute Gasteiger partial charge is 0.264 e. The van der Waals surface area contributed by atoms with E-state index in [-0.39, 0.29) is 18.0 Å². The first-order valence-electron chi connectivity index (χ1n) is 11.3. The molecular weight excluding hydrogens is 480 g/mol. The van der Waals surface area contributed by atoms with Gasteiger partial charge in [-0.25, -0.2) is 8.42 Å². The van der Waals surface area contributed by atoms with Gasteiger partial charge in [-0.15, -0.1) is 0 Å². The molecule has 0 aliphatic heterocycles. The number of nitrogens with one attached hydrogen (secondary N) is 1. The van der Waals surface area contributed by atoms with E-state index in [1.165, 1.54) is 21.3 Å². The molecular formula is C27H32N2O6S. The molecule has 0 bridgehead atoms. The summed E-state index contributed by atoms with van der Waals surface area (Å²) >= 11 is 0. The Kier molecular flexibility index (Phi) is 8.47. The molecule has 0 unspecified atom stereocenters. The number of nitrogens with zero attached hydrogens (tertiary/aromatic N) is 1. The van der Waals surface area contributed by atoms with Crippen LogP contribution in [-0.2, 0) is 21.4 Å². The maximum atomic E-state index is 13.6. The van der Waals surface area contributed by atoms with E-state index in [0.29, 0.717) is 28.5 Å². The van der Waals surface area contributed by atoms with E-state index in [2.05, 4.69) is 5.32 Å². The zero-order chi connectivity index (χ0) is 26.5. The zero-order valence-electron chi connectivity index (χ0n) is 21.4. The van der Waals surface area contributed by atoms with Crippen molar-refractivity contribution < 1.29 is 27.4 Å². The van der Waals surface area contributed by atoms with Crippen molar-refractivity contribution >= 4 is 21.6 Å². The summed E-state index contributed by atoms with van der Waals surface area (Å²) in [6, 6.07) is 15.5. The van der Waals surface area contributed by atoms with Crippen LogP contribution in [0.5, 0.6) is 17.2 Å². The number of hydrogen-bond acceptors (Lipinski definition) is 6. The summed E-state index contributed by atoms with van der Waals surface area (Å²) in [5.74, 6) is 0.902. The van der Waals surface area contributed by atoms with E-state index in [4.69, 9.17) is 14.2 Å². The average molecular weight is 513 g/mol. The van der Waals surface area contributed by atoms with Gasteiger partial charge in [0.2, 0.25) is 11.7 Å². The summed E-state index contributed by atoms with van der Waals surface area (Å²) in [5.41, 5.74) is 3.84. The first kappa shape index (κ1) is 26.9. The van der Waals surface area contributed by atoms with Crippen molar-refractivity contribution in [3.05, 3.63) is 76.9 Å². The molecule has 1 N–H and O–H groups in total. The molecule has 0 radical (unpaired) electrons. The Labute approximate surface area is 212 Å². The summed E-state index contributed by atoms with van der Waals surface area (Å²) in [6.45, 7) is 5.40. The minimum Gasteiger partial charge on any atom is -0.493 e. The lowest BCUT2D eigenvalue weighted by Crippen LogP contribution is -2.41. The Bertz CT molecular complexity index is 1310. The van der Waals surface area contributed by atoms with E-state index in [1.807, 2.05) is 32.9 Å². The SMILES string of the molecule is COc1cc(CNC(=O)CN(c2ccc(C)cc2C)S(=O)(=O)c2ccc(C)cc2)cc(OC)c1OC. The van der Waals surface area contributed by atoms with Gasteiger partial charge >= 0.3 is 0 Å². The zero-order valence-corrected chi connectivity index (χ0v) is 22.2. The van der Waals surface area contributed by atoms with Crippen LogP contribution in [0.1, 0.15) is 22.3 Å². The normalized spacial score (nSPS) is 11.1. The molecule has 8 nitrogen and oxygen atoms in total. The summed E-state index contributed by atoms with van der Waals surface area (Å²) < 4.78 is 44.5. The van der Waals surface area contributed by atoms with Crippen LogP contribution in [0, 0.1) is 20.8 Å². The average Bonchev–Trinajstić information content (AvgIpc) is 2.85. The van der Waals surface area contributed by atoms with Crippen molar-refractivity contribution in [3.8, 4) is 17.2 Å². The summed E-state index contributed by atoms with van der Waals surface area (Å²) in [5, 5.41) is 2.81. The molecule has 3 aromatic carbocycles. The molecule has 0 saturated carbocycles.